The second kappa shape index (κ2) is 5.62. The van der Waals surface area contributed by atoms with Gasteiger partial charge in [0, 0.05) is 50.3 Å². The van der Waals surface area contributed by atoms with Gasteiger partial charge in [-0.3, -0.25) is 0 Å². The minimum Gasteiger partial charge on any atom is -0.370 e. The summed E-state index contributed by atoms with van der Waals surface area (Å²) in [6, 6.07) is 1.98. The quantitative estimate of drug-likeness (QED) is 0.783. The van der Waals surface area contributed by atoms with Crippen LogP contribution in [-0.4, -0.2) is 42.3 Å². The van der Waals surface area contributed by atoms with Gasteiger partial charge in [-0.05, 0) is 13.3 Å². The standard InChI is InChI=1S/C15H19N7O/c1-10-7-12(22-15(20-10)18-9-19-22)17-8-11-3-6-23-13(11)14-16-4-5-21(14)2/h4-5,7,9,11,13,17H,3,6,8H2,1-2H3/t11-,13+/m0/s1. The number of hydrogen-bond donors (Lipinski definition) is 1. The van der Waals surface area contributed by atoms with E-state index in [4.69, 9.17) is 4.74 Å². The lowest BCUT2D eigenvalue weighted by atomic mass is 10.0. The van der Waals surface area contributed by atoms with E-state index in [1.807, 2.05) is 37.0 Å². The summed E-state index contributed by atoms with van der Waals surface area (Å²) in [5, 5.41) is 7.69. The molecule has 0 radical (unpaired) electrons. The number of nitrogens with one attached hydrogen (secondary N) is 1. The molecule has 0 spiro atoms. The molecule has 1 aliphatic rings. The van der Waals surface area contributed by atoms with Gasteiger partial charge in [0.25, 0.3) is 5.78 Å². The number of aryl methyl sites for hydroxylation is 2. The highest BCUT2D eigenvalue weighted by Crippen LogP contribution is 2.33. The Balaban J connectivity index is 1.54. The van der Waals surface area contributed by atoms with Crippen LogP contribution < -0.4 is 5.32 Å². The molecule has 0 saturated carbocycles. The van der Waals surface area contributed by atoms with Gasteiger partial charge >= 0.3 is 0 Å². The highest BCUT2D eigenvalue weighted by Gasteiger charge is 2.32. The molecule has 1 aliphatic heterocycles. The van der Waals surface area contributed by atoms with Crippen molar-refractivity contribution in [3.63, 3.8) is 0 Å². The zero-order chi connectivity index (χ0) is 15.8. The van der Waals surface area contributed by atoms with E-state index >= 15 is 0 Å². The van der Waals surface area contributed by atoms with E-state index in [1.54, 1.807) is 4.52 Å². The lowest BCUT2D eigenvalue weighted by Crippen LogP contribution is -2.21. The molecule has 3 aromatic rings. The molecular formula is C15H19N7O. The molecular weight excluding hydrogens is 294 g/mol. The molecule has 120 valence electrons. The van der Waals surface area contributed by atoms with Crippen LogP contribution in [0.15, 0.2) is 24.8 Å². The van der Waals surface area contributed by atoms with E-state index in [1.165, 1.54) is 6.33 Å². The molecule has 2 atom stereocenters. The fraction of sp³-hybridized carbons (Fsp3) is 0.467. The van der Waals surface area contributed by atoms with Crippen LogP contribution in [0.5, 0.6) is 0 Å². The summed E-state index contributed by atoms with van der Waals surface area (Å²) in [5.74, 6) is 2.85. The molecule has 4 rings (SSSR count). The number of imidazole rings is 1. The van der Waals surface area contributed by atoms with Gasteiger partial charge < -0.3 is 14.6 Å². The normalized spacial score (nSPS) is 21.1. The Bertz CT molecular complexity index is 824. The van der Waals surface area contributed by atoms with Crippen molar-refractivity contribution < 1.29 is 4.74 Å². The number of hydrogen-bond acceptors (Lipinski definition) is 6. The van der Waals surface area contributed by atoms with Crippen LogP contribution in [0.25, 0.3) is 5.78 Å². The lowest BCUT2D eigenvalue weighted by molar-refractivity contribution is 0.0839. The van der Waals surface area contributed by atoms with Crippen LogP contribution in [0.2, 0.25) is 0 Å². The number of nitrogens with zero attached hydrogens (tertiary/aromatic N) is 6. The first kappa shape index (κ1) is 14.1. The van der Waals surface area contributed by atoms with Gasteiger partial charge in [-0.25, -0.2) is 9.97 Å². The summed E-state index contributed by atoms with van der Waals surface area (Å²) in [5.41, 5.74) is 0.913. The molecule has 1 N–H and O–H groups in total. The van der Waals surface area contributed by atoms with Crippen LogP contribution >= 0.6 is 0 Å². The summed E-state index contributed by atoms with van der Waals surface area (Å²) in [6.45, 7) is 3.50. The van der Waals surface area contributed by atoms with Crippen molar-refractivity contribution in [2.24, 2.45) is 13.0 Å². The SMILES string of the molecule is Cc1cc(NC[C@@H]2CCO[C@H]2c2nccn2C)n2ncnc2n1. The van der Waals surface area contributed by atoms with E-state index in [9.17, 15) is 0 Å². The molecule has 0 unspecified atom stereocenters. The number of ether oxygens (including phenoxy) is 1. The van der Waals surface area contributed by atoms with Crippen LogP contribution in [0.3, 0.4) is 0 Å². The summed E-state index contributed by atoms with van der Waals surface area (Å²) in [4.78, 5) is 12.9. The Hall–Kier alpha value is -2.48. The molecule has 23 heavy (non-hydrogen) atoms. The number of fused-ring (bicyclic) bond motifs is 1. The van der Waals surface area contributed by atoms with Crippen LogP contribution in [0.1, 0.15) is 24.0 Å². The summed E-state index contributed by atoms with van der Waals surface area (Å²) in [6.07, 6.45) is 6.31. The molecule has 8 heteroatoms. The fourth-order valence-corrected chi connectivity index (χ4v) is 3.07. The van der Waals surface area contributed by atoms with E-state index in [2.05, 4.69) is 25.4 Å². The monoisotopic (exact) mass is 313 g/mol. The van der Waals surface area contributed by atoms with E-state index in [0.29, 0.717) is 11.7 Å². The maximum Gasteiger partial charge on any atom is 0.254 e. The van der Waals surface area contributed by atoms with Gasteiger partial charge in [0.15, 0.2) is 0 Å². The third kappa shape index (κ3) is 2.55. The Kier molecular flexibility index (Phi) is 3.45. The average Bonchev–Trinajstić information content (AvgIpc) is 3.24. The third-order valence-electron chi connectivity index (χ3n) is 4.25. The van der Waals surface area contributed by atoms with Crippen molar-refractivity contribution in [1.82, 2.24) is 29.1 Å². The Morgan fingerprint density at radius 3 is 3.13 bits per heavy atom. The largest absolute Gasteiger partial charge is 0.370 e. The highest BCUT2D eigenvalue weighted by atomic mass is 16.5. The van der Waals surface area contributed by atoms with Gasteiger partial charge in [0.2, 0.25) is 0 Å². The molecule has 1 saturated heterocycles. The minimum absolute atomic E-state index is 0.0247. The molecule has 0 bridgehead atoms. The third-order valence-corrected chi connectivity index (χ3v) is 4.25. The minimum atomic E-state index is 0.0247. The summed E-state index contributed by atoms with van der Waals surface area (Å²) < 4.78 is 9.65. The van der Waals surface area contributed by atoms with Crippen molar-refractivity contribution in [2.75, 3.05) is 18.5 Å². The zero-order valence-electron chi connectivity index (χ0n) is 13.2. The molecule has 3 aromatic heterocycles. The van der Waals surface area contributed by atoms with Crippen LogP contribution in [0, 0.1) is 12.8 Å². The lowest BCUT2D eigenvalue weighted by Gasteiger charge is -2.19. The molecule has 1 fully saturated rings. The predicted molar refractivity (Wildman–Crippen MR) is 84.0 cm³/mol. The van der Waals surface area contributed by atoms with E-state index in [-0.39, 0.29) is 6.10 Å². The predicted octanol–water partition coefficient (Wildman–Crippen LogP) is 1.36. The summed E-state index contributed by atoms with van der Waals surface area (Å²) in [7, 11) is 2.00. The first-order valence-electron chi connectivity index (χ1n) is 7.72. The Labute approximate surface area is 133 Å². The molecule has 4 heterocycles. The van der Waals surface area contributed by atoms with Gasteiger partial charge in [-0.2, -0.15) is 14.6 Å². The zero-order valence-corrected chi connectivity index (χ0v) is 13.2. The molecule has 0 aromatic carbocycles. The molecule has 0 aliphatic carbocycles. The van der Waals surface area contributed by atoms with E-state index in [0.717, 1.165) is 36.9 Å². The Morgan fingerprint density at radius 1 is 1.39 bits per heavy atom. The van der Waals surface area contributed by atoms with Crippen molar-refractivity contribution in [3.05, 3.63) is 36.3 Å². The van der Waals surface area contributed by atoms with Crippen molar-refractivity contribution in [1.29, 1.82) is 0 Å². The van der Waals surface area contributed by atoms with Crippen molar-refractivity contribution in [3.8, 4) is 0 Å². The van der Waals surface area contributed by atoms with Crippen LogP contribution in [0.4, 0.5) is 5.82 Å². The average molecular weight is 313 g/mol. The second-order valence-corrected chi connectivity index (χ2v) is 5.87. The van der Waals surface area contributed by atoms with Gasteiger partial charge in [-0.1, -0.05) is 0 Å². The van der Waals surface area contributed by atoms with Crippen LogP contribution in [-0.2, 0) is 11.8 Å². The van der Waals surface area contributed by atoms with Gasteiger partial charge in [0.1, 0.15) is 24.1 Å². The highest BCUT2D eigenvalue weighted by molar-refractivity contribution is 5.44. The number of rotatable bonds is 4. The molecule has 0 amide bonds. The van der Waals surface area contributed by atoms with E-state index < -0.39 is 0 Å². The first-order valence-corrected chi connectivity index (χ1v) is 7.72. The topological polar surface area (TPSA) is 82.2 Å². The Morgan fingerprint density at radius 2 is 2.30 bits per heavy atom. The number of aromatic nitrogens is 6. The summed E-state index contributed by atoms with van der Waals surface area (Å²) >= 11 is 0. The van der Waals surface area contributed by atoms with Gasteiger partial charge in [0.05, 0.1) is 0 Å². The fourth-order valence-electron chi connectivity index (χ4n) is 3.07. The van der Waals surface area contributed by atoms with Gasteiger partial charge in [-0.15, -0.1) is 0 Å². The first-order chi connectivity index (χ1) is 11.2. The van der Waals surface area contributed by atoms with Crippen molar-refractivity contribution >= 4 is 11.6 Å². The molecule has 8 nitrogen and oxygen atoms in total. The van der Waals surface area contributed by atoms with Crippen molar-refractivity contribution in [2.45, 2.75) is 19.4 Å². The number of anilines is 1. The maximum atomic E-state index is 5.90. The maximum absolute atomic E-state index is 5.90. The second-order valence-electron chi connectivity index (χ2n) is 5.87. The smallest absolute Gasteiger partial charge is 0.254 e.